The molecule has 0 radical (unpaired) electrons. The van der Waals surface area contributed by atoms with Gasteiger partial charge in [-0.05, 0) is 36.9 Å². The Bertz CT molecular complexity index is 644. The number of thiophene rings is 1. The van der Waals surface area contributed by atoms with E-state index in [9.17, 15) is 4.79 Å². The van der Waals surface area contributed by atoms with E-state index >= 15 is 0 Å². The van der Waals surface area contributed by atoms with Crippen molar-refractivity contribution < 1.29 is 14.3 Å². The lowest BCUT2D eigenvalue weighted by Gasteiger charge is -2.15. The van der Waals surface area contributed by atoms with Crippen molar-refractivity contribution in [3.05, 3.63) is 40.6 Å². The second-order valence-electron chi connectivity index (χ2n) is 5.50. The predicted octanol–water partition coefficient (Wildman–Crippen LogP) is 3.31. The van der Waals surface area contributed by atoms with Gasteiger partial charge in [-0.1, -0.05) is 6.07 Å². The molecule has 1 unspecified atom stereocenters. The Labute approximate surface area is 147 Å². The molecule has 6 heteroatoms. The SMILES string of the molecule is COc1ccc(OC)c(NC(=O)CC(C)NCCc2cccs2)c1. The van der Waals surface area contributed by atoms with Crippen molar-refractivity contribution in [3.8, 4) is 11.5 Å². The zero-order valence-corrected chi connectivity index (χ0v) is 15.1. The van der Waals surface area contributed by atoms with Gasteiger partial charge in [-0.25, -0.2) is 0 Å². The van der Waals surface area contributed by atoms with Crippen LogP contribution in [0.4, 0.5) is 5.69 Å². The average Bonchev–Trinajstić information content (AvgIpc) is 3.08. The minimum absolute atomic E-state index is 0.0577. The summed E-state index contributed by atoms with van der Waals surface area (Å²) in [4.78, 5) is 13.6. The van der Waals surface area contributed by atoms with Crippen molar-refractivity contribution in [2.24, 2.45) is 0 Å². The molecule has 130 valence electrons. The van der Waals surface area contributed by atoms with Gasteiger partial charge in [-0.2, -0.15) is 0 Å². The van der Waals surface area contributed by atoms with Gasteiger partial charge in [-0.3, -0.25) is 4.79 Å². The Kier molecular flexibility index (Phi) is 7.08. The fraction of sp³-hybridized carbons (Fsp3) is 0.389. The summed E-state index contributed by atoms with van der Waals surface area (Å²) in [5.41, 5.74) is 0.618. The van der Waals surface area contributed by atoms with Gasteiger partial charge < -0.3 is 20.1 Å². The van der Waals surface area contributed by atoms with Gasteiger partial charge in [-0.15, -0.1) is 11.3 Å². The maximum atomic E-state index is 12.2. The molecule has 2 rings (SSSR count). The molecule has 0 aliphatic heterocycles. The first-order chi connectivity index (χ1) is 11.6. The number of nitrogens with one attached hydrogen (secondary N) is 2. The molecule has 0 spiro atoms. The van der Waals surface area contributed by atoms with Crippen LogP contribution >= 0.6 is 11.3 Å². The van der Waals surface area contributed by atoms with Gasteiger partial charge in [0, 0.05) is 30.0 Å². The fourth-order valence-corrected chi connectivity index (χ4v) is 3.07. The van der Waals surface area contributed by atoms with E-state index in [1.807, 2.05) is 6.92 Å². The number of hydrogen-bond donors (Lipinski definition) is 2. The van der Waals surface area contributed by atoms with Crippen molar-refractivity contribution in [3.63, 3.8) is 0 Å². The third-order valence-electron chi connectivity index (χ3n) is 3.62. The molecule has 24 heavy (non-hydrogen) atoms. The molecule has 0 aliphatic rings. The number of rotatable bonds is 9. The van der Waals surface area contributed by atoms with Crippen LogP contribution < -0.4 is 20.1 Å². The van der Waals surface area contributed by atoms with E-state index in [-0.39, 0.29) is 11.9 Å². The second-order valence-corrected chi connectivity index (χ2v) is 6.54. The molecule has 1 amide bonds. The summed E-state index contributed by atoms with van der Waals surface area (Å²) in [5.74, 6) is 1.23. The number of benzene rings is 1. The topological polar surface area (TPSA) is 59.6 Å². The van der Waals surface area contributed by atoms with Gasteiger partial charge in [0.1, 0.15) is 11.5 Å². The van der Waals surface area contributed by atoms with Crippen molar-refractivity contribution in [2.75, 3.05) is 26.1 Å². The number of carbonyl (C=O) groups excluding carboxylic acids is 1. The van der Waals surface area contributed by atoms with E-state index < -0.39 is 0 Å². The lowest BCUT2D eigenvalue weighted by atomic mass is 10.2. The summed E-state index contributed by atoms with van der Waals surface area (Å²) < 4.78 is 10.5. The molecule has 0 saturated carbocycles. The standard InChI is InChI=1S/C18H24N2O3S/c1-13(19-9-8-15-5-4-10-24-15)11-18(21)20-16-12-14(22-2)6-7-17(16)23-3/h4-7,10,12-13,19H,8-9,11H2,1-3H3,(H,20,21). The van der Waals surface area contributed by atoms with E-state index in [2.05, 4.69) is 28.1 Å². The number of methoxy groups -OCH3 is 2. The third-order valence-corrected chi connectivity index (χ3v) is 4.55. The quantitative estimate of drug-likeness (QED) is 0.730. The highest BCUT2D eigenvalue weighted by Crippen LogP contribution is 2.29. The first-order valence-corrected chi connectivity index (χ1v) is 8.78. The molecular weight excluding hydrogens is 324 g/mol. The monoisotopic (exact) mass is 348 g/mol. The molecule has 0 fully saturated rings. The molecule has 0 bridgehead atoms. The Balaban J connectivity index is 1.81. The minimum Gasteiger partial charge on any atom is -0.497 e. The summed E-state index contributed by atoms with van der Waals surface area (Å²) in [6, 6.07) is 9.60. The number of amides is 1. The third kappa shape index (κ3) is 5.54. The van der Waals surface area contributed by atoms with E-state index in [1.54, 1.807) is 43.8 Å². The van der Waals surface area contributed by atoms with Gasteiger partial charge in [0.15, 0.2) is 0 Å². The highest BCUT2D eigenvalue weighted by atomic mass is 32.1. The fourth-order valence-electron chi connectivity index (χ4n) is 2.36. The summed E-state index contributed by atoms with van der Waals surface area (Å²) >= 11 is 1.75. The molecule has 0 aliphatic carbocycles. The maximum Gasteiger partial charge on any atom is 0.226 e. The van der Waals surface area contributed by atoms with Crippen LogP contribution in [0.25, 0.3) is 0 Å². The Morgan fingerprint density at radius 2 is 2.08 bits per heavy atom. The molecule has 5 nitrogen and oxygen atoms in total. The molecule has 0 saturated heterocycles. The summed E-state index contributed by atoms with van der Waals surface area (Å²) in [6.45, 7) is 2.87. The van der Waals surface area contributed by atoms with Gasteiger partial charge >= 0.3 is 0 Å². The first-order valence-electron chi connectivity index (χ1n) is 7.90. The number of carbonyl (C=O) groups is 1. The normalized spacial score (nSPS) is 11.8. The number of ether oxygens (including phenoxy) is 2. The first kappa shape index (κ1) is 18.3. The summed E-state index contributed by atoms with van der Waals surface area (Å²) in [5, 5.41) is 8.34. The van der Waals surface area contributed by atoms with Crippen LogP contribution in [0, 0.1) is 0 Å². The van der Waals surface area contributed by atoms with Crippen molar-refractivity contribution in [1.82, 2.24) is 5.32 Å². The van der Waals surface area contributed by atoms with Crippen LogP contribution in [-0.2, 0) is 11.2 Å². The van der Waals surface area contributed by atoms with Crippen LogP contribution in [0.2, 0.25) is 0 Å². The van der Waals surface area contributed by atoms with Gasteiger partial charge in [0.05, 0.1) is 19.9 Å². The number of hydrogen-bond acceptors (Lipinski definition) is 5. The van der Waals surface area contributed by atoms with E-state index in [4.69, 9.17) is 9.47 Å². The highest BCUT2D eigenvalue weighted by molar-refractivity contribution is 7.09. The zero-order chi connectivity index (χ0) is 17.4. The average molecular weight is 348 g/mol. The Morgan fingerprint density at radius 3 is 2.75 bits per heavy atom. The van der Waals surface area contributed by atoms with Gasteiger partial charge in [0.2, 0.25) is 5.91 Å². The molecule has 1 aromatic carbocycles. The smallest absolute Gasteiger partial charge is 0.226 e. The molecule has 1 heterocycles. The lowest BCUT2D eigenvalue weighted by Crippen LogP contribution is -2.32. The Hall–Kier alpha value is -2.05. The molecule has 2 N–H and O–H groups in total. The minimum atomic E-state index is -0.0577. The van der Waals surface area contributed by atoms with Crippen molar-refractivity contribution in [1.29, 1.82) is 0 Å². The second kappa shape index (κ2) is 9.30. The van der Waals surface area contributed by atoms with Crippen molar-refractivity contribution in [2.45, 2.75) is 25.8 Å². The summed E-state index contributed by atoms with van der Waals surface area (Å²) in [6.07, 6.45) is 1.37. The van der Waals surface area contributed by atoms with Crippen LogP contribution in [0.3, 0.4) is 0 Å². The van der Waals surface area contributed by atoms with Crippen molar-refractivity contribution >= 4 is 22.9 Å². The van der Waals surface area contributed by atoms with Crippen LogP contribution in [-0.4, -0.2) is 32.7 Å². The molecule has 1 atom stereocenters. The van der Waals surface area contributed by atoms with Crippen LogP contribution in [0.5, 0.6) is 11.5 Å². The van der Waals surface area contributed by atoms with Crippen LogP contribution in [0.1, 0.15) is 18.2 Å². The maximum absolute atomic E-state index is 12.2. The van der Waals surface area contributed by atoms with E-state index in [0.29, 0.717) is 23.6 Å². The molecule has 1 aromatic heterocycles. The Morgan fingerprint density at radius 1 is 1.25 bits per heavy atom. The van der Waals surface area contributed by atoms with E-state index in [0.717, 1.165) is 13.0 Å². The zero-order valence-electron chi connectivity index (χ0n) is 14.3. The summed E-state index contributed by atoms with van der Waals surface area (Å²) in [7, 11) is 3.17. The molecule has 2 aromatic rings. The molecular formula is C18H24N2O3S. The predicted molar refractivity (Wildman–Crippen MR) is 98.3 cm³/mol. The van der Waals surface area contributed by atoms with Gasteiger partial charge in [0.25, 0.3) is 0 Å². The lowest BCUT2D eigenvalue weighted by molar-refractivity contribution is -0.116. The highest BCUT2D eigenvalue weighted by Gasteiger charge is 2.12. The largest absolute Gasteiger partial charge is 0.497 e. The van der Waals surface area contributed by atoms with E-state index in [1.165, 1.54) is 4.88 Å². The van der Waals surface area contributed by atoms with Crippen LogP contribution in [0.15, 0.2) is 35.7 Å². The number of anilines is 1.